The van der Waals surface area contributed by atoms with Crippen LogP contribution in [-0.4, -0.2) is 16.8 Å². The highest BCUT2D eigenvalue weighted by Crippen LogP contribution is 2.42. The minimum atomic E-state index is -0.490. The van der Waals surface area contributed by atoms with Crippen molar-refractivity contribution in [2.45, 2.75) is 45.3 Å². The van der Waals surface area contributed by atoms with Crippen LogP contribution in [0.15, 0.2) is 54.6 Å². The molecule has 23 heavy (non-hydrogen) atoms. The Morgan fingerprint density at radius 1 is 1.04 bits per heavy atom. The minimum Gasteiger partial charge on any atom is -0.358 e. The van der Waals surface area contributed by atoms with E-state index in [1.807, 2.05) is 47.4 Å². The second kappa shape index (κ2) is 6.07. The number of carbonyl (C=O) groups excluding carboxylic acids is 1. The van der Waals surface area contributed by atoms with Crippen molar-refractivity contribution in [3.63, 3.8) is 0 Å². The summed E-state index contributed by atoms with van der Waals surface area (Å²) < 4.78 is 0. The highest BCUT2D eigenvalue weighted by Gasteiger charge is 2.46. The number of fused-ring (bicyclic) bond motifs is 1. The van der Waals surface area contributed by atoms with Gasteiger partial charge in [-0.1, -0.05) is 55.8 Å². The molecule has 3 heteroatoms. The first-order valence-corrected chi connectivity index (χ1v) is 8.36. The van der Waals surface area contributed by atoms with Crippen LogP contribution in [0.3, 0.4) is 0 Å². The summed E-state index contributed by atoms with van der Waals surface area (Å²) in [5, 5.41) is 3.69. The van der Waals surface area contributed by atoms with Crippen molar-refractivity contribution in [2.75, 3.05) is 5.32 Å². The average molecular weight is 308 g/mol. The lowest BCUT2D eigenvalue weighted by molar-refractivity contribution is 0.0355. The van der Waals surface area contributed by atoms with Gasteiger partial charge in [0.1, 0.15) is 5.66 Å². The average Bonchev–Trinajstić information content (AvgIpc) is 2.55. The molecule has 0 saturated carbocycles. The molecule has 3 nitrogen and oxygen atoms in total. The van der Waals surface area contributed by atoms with E-state index in [0.29, 0.717) is 0 Å². The number of rotatable bonds is 4. The predicted octanol–water partition coefficient (Wildman–Crippen LogP) is 4.62. The Morgan fingerprint density at radius 2 is 1.70 bits per heavy atom. The Balaban J connectivity index is 2.22. The van der Waals surface area contributed by atoms with E-state index in [0.717, 1.165) is 29.7 Å². The minimum absolute atomic E-state index is 0.103. The molecule has 0 bridgehead atoms. The molecule has 0 aliphatic carbocycles. The quantitative estimate of drug-likeness (QED) is 0.894. The van der Waals surface area contributed by atoms with Gasteiger partial charge in [0.15, 0.2) is 0 Å². The molecule has 3 rings (SSSR count). The van der Waals surface area contributed by atoms with Gasteiger partial charge in [-0.3, -0.25) is 4.79 Å². The largest absolute Gasteiger partial charge is 0.358 e. The molecular formula is C20H24N2O. The third-order valence-electron chi connectivity index (χ3n) is 4.51. The molecule has 0 aromatic heterocycles. The van der Waals surface area contributed by atoms with Crippen LogP contribution in [0.25, 0.3) is 0 Å². The lowest BCUT2D eigenvalue weighted by Crippen LogP contribution is -2.60. The van der Waals surface area contributed by atoms with Crippen LogP contribution >= 0.6 is 0 Å². The van der Waals surface area contributed by atoms with Gasteiger partial charge in [0.2, 0.25) is 0 Å². The summed E-state index contributed by atoms with van der Waals surface area (Å²) in [5.74, 6) is 0.103. The second-order valence-corrected chi connectivity index (χ2v) is 6.42. The molecule has 1 unspecified atom stereocenters. The van der Waals surface area contributed by atoms with Crippen LogP contribution in [0.2, 0.25) is 0 Å². The molecule has 2 aromatic carbocycles. The zero-order valence-corrected chi connectivity index (χ0v) is 14.0. The van der Waals surface area contributed by atoms with Crippen molar-refractivity contribution in [3.8, 4) is 0 Å². The fourth-order valence-electron chi connectivity index (χ4n) is 3.65. The number of benzene rings is 2. The number of nitrogens with one attached hydrogen (secondary N) is 1. The van der Waals surface area contributed by atoms with E-state index in [9.17, 15) is 4.79 Å². The summed E-state index contributed by atoms with van der Waals surface area (Å²) in [5.41, 5.74) is 2.32. The normalized spacial score (nSPS) is 20.3. The molecule has 0 radical (unpaired) electrons. The SMILES string of the molecule is CCCC1(c2ccccc2)Nc2ccccc2C(=O)N1C(C)C. The molecule has 0 fully saturated rings. The van der Waals surface area contributed by atoms with Crippen LogP contribution in [0, 0.1) is 0 Å². The first-order chi connectivity index (χ1) is 11.1. The maximum absolute atomic E-state index is 13.2. The first kappa shape index (κ1) is 15.6. The Bertz CT molecular complexity index is 696. The van der Waals surface area contributed by atoms with Crippen molar-refractivity contribution >= 4 is 11.6 Å². The number of hydrogen-bond donors (Lipinski definition) is 1. The lowest BCUT2D eigenvalue weighted by atomic mass is 9.87. The number of anilines is 1. The smallest absolute Gasteiger partial charge is 0.258 e. The van der Waals surface area contributed by atoms with Crippen molar-refractivity contribution < 1.29 is 4.79 Å². The maximum Gasteiger partial charge on any atom is 0.258 e. The van der Waals surface area contributed by atoms with E-state index in [2.05, 4.69) is 38.2 Å². The Labute approximate surface area is 138 Å². The summed E-state index contributed by atoms with van der Waals surface area (Å²) in [4.78, 5) is 15.2. The predicted molar refractivity (Wildman–Crippen MR) is 94.4 cm³/mol. The fraction of sp³-hybridized carbons (Fsp3) is 0.350. The number of carbonyl (C=O) groups is 1. The van der Waals surface area contributed by atoms with Gasteiger partial charge in [-0.25, -0.2) is 0 Å². The molecule has 0 saturated heterocycles. The number of nitrogens with zero attached hydrogens (tertiary/aromatic N) is 1. The summed E-state index contributed by atoms with van der Waals surface area (Å²) >= 11 is 0. The summed E-state index contributed by atoms with van der Waals surface area (Å²) in [6, 6.07) is 18.2. The van der Waals surface area contributed by atoms with Crippen LogP contribution in [-0.2, 0) is 5.66 Å². The number of hydrogen-bond acceptors (Lipinski definition) is 2. The van der Waals surface area contributed by atoms with E-state index in [4.69, 9.17) is 0 Å². The van der Waals surface area contributed by atoms with Gasteiger partial charge in [-0.15, -0.1) is 0 Å². The molecular weight excluding hydrogens is 284 g/mol. The molecule has 1 aliphatic rings. The molecule has 0 spiro atoms. The van der Waals surface area contributed by atoms with Crippen molar-refractivity contribution in [3.05, 3.63) is 65.7 Å². The number of para-hydroxylation sites is 1. The van der Waals surface area contributed by atoms with Crippen molar-refractivity contribution in [2.24, 2.45) is 0 Å². The lowest BCUT2D eigenvalue weighted by Gasteiger charge is -2.51. The third-order valence-corrected chi connectivity index (χ3v) is 4.51. The molecule has 1 heterocycles. The van der Waals surface area contributed by atoms with E-state index < -0.39 is 5.66 Å². The Kier molecular flexibility index (Phi) is 4.12. The molecule has 120 valence electrons. The van der Waals surface area contributed by atoms with Crippen LogP contribution in [0.4, 0.5) is 5.69 Å². The maximum atomic E-state index is 13.2. The van der Waals surface area contributed by atoms with Crippen molar-refractivity contribution in [1.82, 2.24) is 4.90 Å². The van der Waals surface area contributed by atoms with Gasteiger partial charge in [0.05, 0.1) is 5.56 Å². The van der Waals surface area contributed by atoms with Crippen LogP contribution in [0.1, 0.15) is 49.5 Å². The summed E-state index contributed by atoms with van der Waals surface area (Å²) in [7, 11) is 0. The molecule has 1 amide bonds. The fourth-order valence-corrected chi connectivity index (χ4v) is 3.65. The zero-order valence-electron chi connectivity index (χ0n) is 14.0. The van der Waals surface area contributed by atoms with Gasteiger partial charge < -0.3 is 10.2 Å². The van der Waals surface area contributed by atoms with Gasteiger partial charge in [0, 0.05) is 11.7 Å². The monoisotopic (exact) mass is 308 g/mol. The van der Waals surface area contributed by atoms with Gasteiger partial charge >= 0.3 is 0 Å². The molecule has 1 atom stereocenters. The van der Waals surface area contributed by atoms with E-state index in [-0.39, 0.29) is 11.9 Å². The third kappa shape index (κ3) is 2.50. The summed E-state index contributed by atoms with van der Waals surface area (Å²) in [6.07, 6.45) is 1.86. The molecule has 2 aromatic rings. The topological polar surface area (TPSA) is 32.3 Å². The van der Waals surface area contributed by atoms with Crippen LogP contribution in [0.5, 0.6) is 0 Å². The zero-order chi connectivity index (χ0) is 16.4. The van der Waals surface area contributed by atoms with Gasteiger partial charge in [0.25, 0.3) is 5.91 Å². The molecule has 1 aliphatic heterocycles. The Hall–Kier alpha value is -2.29. The second-order valence-electron chi connectivity index (χ2n) is 6.42. The van der Waals surface area contributed by atoms with E-state index in [1.54, 1.807) is 0 Å². The molecule has 1 N–H and O–H groups in total. The standard InChI is InChI=1S/C20H24N2O/c1-4-14-20(16-10-6-5-7-11-16)21-18-13-9-8-12-17(18)19(23)22(20)15(2)3/h5-13,15,21H,4,14H2,1-3H3. The highest BCUT2D eigenvalue weighted by atomic mass is 16.2. The van der Waals surface area contributed by atoms with Gasteiger partial charge in [-0.05, 0) is 38.0 Å². The number of amides is 1. The van der Waals surface area contributed by atoms with Crippen molar-refractivity contribution in [1.29, 1.82) is 0 Å². The van der Waals surface area contributed by atoms with Crippen LogP contribution < -0.4 is 5.32 Å². The Morgan fingerprint density at radius 3 is 2.35 bits per heavy atom. The van der Waals surface area contributed by atoms with E-state index >= 15 is 0 Å². The van der Waals surface area contributed by atoms with Gasteiger partial charge in [-0.2, -0.15) is 0 Å². The first-order valence-electron chi connectivity index (χ1n) is 8.36. The highest BCUT2D eigenvalue weighted by molar-refractivity contribution is 6.02. The van der Waals surface area contributed by atoms with E-state index in [1.165, 1.54) is 0 Å². The summed E-state index contributed by atoms with van der Waals surface area (Å²) in [6.45, 7) is 6.33.